The summed E-state index contributed by atoms with van der Waals surface area (Å²) >= 11 is 0. The van der Waals surface area contributed by atoms with Gasteiger partial charge in [-0.05, 0) is 31.0 Å². The van der Waals surface area contributed by atoms with Crippen molar-refractivity contribution >= 4 is 15.5 Å². The molecule has 0 aromatic heterocycles. The Bertz CT molecular complexity index is 629. The van der Waals surface area contributed by atoms with Crippen molar-refractivity contribution in [3.05, 3.63) is 23.3 Å². The summed E-state index contributed by atoms with van der Waals surface area (Å²) in [6, 6.07) is 5.32. The van der Waals surface area contributed by atoms with Crippen LogP contribution in [-0.2, 0) is 9.84 Å². The highest BCUT2D eigenvalue weighted by molar-refractivity contribution is 7.91. The second-order valence-electron chi connectivity index (χ2n) is 4.76. The molecule has 5 heteroatoms. The van der Waals surface area contributed by atoms with E-state index in [0.717, 1.165) is 16.8 Å². The highest BCUT2D eigenvalue weighted by Crippen LogP contribution is 2.37. The molecule has 1 heterocycles. The SMILES string of the molecule is Cc1ccc2c(c1C)N(C)C(CC#N)CS2(=O)=O. The fraction of sp³-hybridized carbons (Fsp3) is 0.462. The van der Waals surface area contributed by atoms with Crippen molar-refractivity contribution in [2.75, 3.05) is 17.7 Å². The van der Waals surface area contributed by atoms with Crippen LogP contribution in [0.1, 0.15) is 17.5 Å². The second-order valence-corrected chi connectivity index (χ2v) is 6.77. The predicted octanol–water partition coefficient (Wildman–Crippen LogP) is 1.81. The zero-order valence-electron chi connectivity index (χ0n) is 10.8. The van der Waals surface area contributed by atoms with Crippen molar-refractivity contribution in [3.63, 3.8) is 0 Å². The number of rotatable bonds is 1. The lowest BCUT2D eigenvalue weighted by molar-refractivity contribution is 0.573. The zero-order valence-corrected chi connectivity index (χ0v) is 11.6. The van der Waals surface area contributed by atoms with Gasteiger partial charge in [0.05, 0.1) is 34.9 Å². The molecule has 18 heavy (non-hydrogen) atoms. The molecule has 0 spiro atoms. The van der Waals surface area contributed by atoms with E-state index >= 15 is 0 Å². The zero-order chi connectivity index (χ0) is 13.5. The maximum absolute atomic E-state index is 12.2. The minimum absolute atomic E-state index is 0.0204. The molecule has 1 aromatic rings. The molecule has 1 aliphatic rings. The number of sulfone groups is 1. The first-order valence-corrected chi connectivity index (χ1v) is 7.46. The van der Waals surface area contributed by atoms with Crippen LogP contribution in [0, 0.1) is 25.2 Å². The molecule has 0 N–H and O–H groups in total. The Balaban J connectivity index is 2.68. The van der Waals surface area contributed by atoms with Crippen LogP contribution in [-0.4, -0.2) is 27.3 Å². The predicted molar refractivity (Wildman–Crippen MR) is 70.4 cm³/mol. The van der Waals surface area contributed by atoms with Crippen LogP contribution in [0.3, 0.4) is 0 Å². The Morgan fingerprint density at radius 1 is 1.44 bits per heavy atom. The second kappa shape index (κ2) is 4.29. The van der Waals surface area contributed by atoms with Gasteiger partial charge >= 0.3 is 0 Å². The molecule has 1 atom stereocenters. The molecule has 0 amide bonds. The highest BCUT2D eigenvalue weighted by Gasteiger charge is 2.34. The smallest absolute Gasteiger partial charge is 0.182 e. The number of benzene rings is 1. The molecule has 0 saturated carbocycles. The van der Waals surface area contributed by atoms with Gasteiger partial charge < -0.3 is 4.90 Å². The Kier molecular flexibility index (Phi) is 3.07. The number of anilines is 1. The van der Waals surface area contributed by atoms with Crippen molar-refractivity contribution in [1.29, 1.82) is 5.26 Å². The molecule has 1 aromatic carbocycles. The van der Waals surface area contributed by atoms with Crippen molar-refractivity contribution in [2.45, 2.75) is 31.2 Å². The molecule has 4 nitrogen and oxygen atoms in total. The number of hydrogen-bond acceptors (Lipinski definition) is 4. The van der Waals surface area contributed by atoms with Crippen molar-refractivity contribution in [2.24, 2.45) is 0 Å². The van der Waals surface area contributed by atoms with E-state index in [4.69, 9.17) is 5.26 Å². The van der Waals surface area contributed by atoms with E-state index in [1.165, 1.54) is 0 Å². The van der Waals surface area contributed by atoms with Crippen LogP contribution < -0.4 is 4.90 Å². The molecular weight excluding hydrogens is 248 g/mol. The van der Waals surface area contributed by atoms with Crippen LogP contribution in [0.2, 0.25) is 0 Å². The van der Waals surface area contributed by atoms with Gasteiger partial charge in [-0.2, -0.15) is 5.26 Å². The lowest BCUT2D eigenvalue weighted by Crippen LogP contribution is -2.42. The van der Waals surface area contributed by atoms with Gasteiger partial charge in [0, 0.05) is 7.05 Å². The molecule has 0 radical (unpaired) electrons. The van der Waals surface area contributed by atoms with Crippen LogP contribution in [0.4, 0.5) is 5.69 Å². The third-order valence-electron chi connectivity index (χ3n) is 3.64. The molecule has 0 fully saturated rings. The first-order valence-electron chi connectivity index (χ1n) is 5.81. The van der Waals surface area contributed by atoms with Crippen LogP contribution in [0.25, 0.3) is 0 Å². The van der Waals surface area contributed by atoms with Crippen molar-refractivity contribution in [3.8, 4) is 6.07 Å². The van der Waals surface area contributed by atoms with Gasteiger partial charge in [0.2, 0.25) is 0 Å². The normalized spacial score (nSPS) is 21.2. The number of nitriles is 1. The van der Waals surface area contributed by atoms with Gasteiger partial charge in [-0.1, -0.05) is 6.07 Å². The average molecular weight is 264 g/mol. The van der Waals surface area contributed by atoms with Gasteiger partial charge in [-0.25, -0.2) is 8.42 Å². The lowest BCUT2D eigenvalue weighted by atomic mass is 10.1. The first-order chi connectivity index (χ1) is 8.38. The van der Waals surface area contributed by atoms with Gasteiger partial charge in [0.15, 0.2) is 9.84 Å². The summed E-state index contributed by atoms with van der Waals surface area (Å²) in [5.41, 5.74) is 2.79. The van der Waals surface area contributed by atoms with E-state index < -0.39 is 9.84 Å². The maximum Gasteiger partial charge on any atom is 0.182 e. The summed E-state index contributed by atoms with van der Waals surface area (Å²) in [6.07, 6.45) is 0.225. The molecule has 96 valence electrons. The minimum atomic E-state index is -3.28. The van der Waals surface area contributed by atoms with E-state index in [1.807, 2.05) is 31.9 Å². The number of hydrogen-bond donors (Lipinski definition) is 0. The molecule has 0 saturated heterocycles. The summed E-state index contributed by atoms with van der Waals surface area (Å²) in [7, 11) is -1.42. The highest BCUT2D eigenvalue weighted by atomic mass is 32.2. The summed E-state index contributed by atoms with van der Waals surface area (Å²) in [5.74, 6) is 0.0204. The Labute approximate surface area is 108 Å². The standard InChI is InChI=1S/C13H16N2O2S/c1-9-4-5-12-13(10(9)2)15(3)11(6-7-14)8-18(12,16)17/h4-5,11H,6,8H2,1-3H3. The summed E-state index contributed by atoms with van der Waals surface area (Å²) < 4.78 is 24.5. The minimum Gasteiger partial charge on any atom is -0.368 e. The Morgan fingerprint density at radius 2 is 2.11 bits per heavy atom. The molecular formula is C13H16N2O2S. The third-order valence-corrected chi connectivity index (χ3v) is 5.46. The fourth-order valence-electron chi connectivity index (χ4n) is 2.40. The average Bonchev–Trinajstić information content (AvgIpc) is 2.29. The third kappa shape index (κ3) is 1.87. The van der Waals surface area contributed by atoms with Gasteiger partial charge in [0.25, 0.3) is 0 Å². The lowest BCUT2D eigenvalue weighted by Gasteiger charge is -2.36. The molecule has 2 rings (SSSR count). The summed E-state index contributed by atoms with van der Waals surface area (Å²) in [4.78, 5) is 2.32. The van der Waals surface area contributed by atoms with Gasteiger partial charge in [-0.3, -0.25) is 0 Å². The summed E-state index contributed by atoms with van der Waals surface area (Å²) in [6.45, 7) is 3.89. The number of aryl methyl sites for hydroxylation is 1. The fourth-order valence-corrected chi connectivity index (χ4v) is 4.30. The maximum atomic E-state index is 12.2. The van der Waals surface area contributed by atoms with E-state index in [1.54, 1.807) is 6.07 Å². The topological polar surface area (TPSA) is 61.2 Å². The van der Waals surface area contributed by atoms with Gasteiger partial charge in [-0.15, -0.1) is 0 Å². The summed E-state index contributed by atoms with van der Waals surface area (Å²) in [5, 5.41) is 8.81. The Morgan fingerprint density at radius 3 is 2.72 bits per heavy atom. The monoisotopic (exact) mass is 264 g/mol. The molecule has 1 aliphatic heterocycles. The quantitative estimate of drug-likeness (QED) is 0.776. The Hall–Kier alpha value is -1.54. The van der Waals surface area contributed by atoms with Crippen molar-refractivity contribution in [1.82, 2.24) is 0 Å². The van der Waals surface area contributed by atoms with Crippen LogP contribution in [0.5, 0.6) is 0 Å². The van der Waals surface area contributed by atoms with Crippen LogP contribution in [0.15, 0.2) is 17.0 Å². The van der Waals surface area contributed by atoms with Crippen molar-refractivity contribution < 1.29 is 8.42 Å². The first kappa shape index (κ1) is 12.9. The molecule has 0 bridgehead atoms. The molecule has 0 aliphatic carbocycles. The number of fused-ring (bicyclic) bond motifs is 1. The largest absolute Gasteiger partial charge is 0.368 e. The number of nitrogens with zero attached hydrogens (tertiary/aromatic N) is 2. The van der Waals surface area contributed by atoms with E-state index in [9.17, 15) is 8.42 Å². The van der Waals surface area contributed by atoms with Crippen LogP contribution >= 0.6 is 0 Å². The van der Waals surface area contributed by atoms with Gasteiger partial charge in [0.1, 0.15) is 0 Å². The van der Waals surface area contributed by atoms with E-state index in [0.29, 0.717) is 4.90 Å². The molecule has 1 unspecified atom stereocenters. The van der Waals surface area contributed by atoms with E-state index in [-0.39, 0.29) is 18.2 Å². The van der Waals surface area contributed by atoms with E-state index in [2.05, 4.69) is 6.07 Å².